The molecular weight excluding hydrogens is 190 g/mol. The number of carbonyl (C=O) groups is 1. The van der Waals surface area contributed by atoms with Crippen molar-refractivity contribution < 1.29 is 9.53 Å². The summed E-state index contributed by atoms with van der Waals surface area (Å²) >= 11 is 0. The zero-order valence-corrected chi connectivity index (χ0v) is 8.43. The van der Waals surface area contributed by atoms with Crippen LogP contribution >= 0.6 is 0 Å². The van der Waals surface area contributed by atoms with Crippen LogP contribution in [0.4, 0.5) is 0 Å². The second-order valence-corrected chi connectivity index (χ2v) is 2.88. The number of allylic oxidation sites excluding steroid dienone is 1. The molecular formula is C12H11NO2. The number of rotatable bonds is 4. The van der Waals surface area contributed by atoms with E-state index in [1.165, 1.54) is 7.11 Å². The molecule has 15 heavy (non-hydrogen) atoms. The molecule has 3 heteroatoms. The Bertz CT molecular complexity index is 416. The van der Waals surface area contributed by atoms with Gasteiger partial charge in [-0.25, -0.2) is 0 Å². The summed E-state index contributed by atoms with van der Waals surface area (Å²) < 4.78 is 5.05. The maximum Gasteiger partial charge on any atom is 0.153 e. The Labute approximate surface area is 88.6 Å². The second kappa shape index (κ2) is 5.61. The molecule has 0 radical (unpaired) electrons. The summed E-state index contributed by atoms with van der Waals surface area (Å²) in [5, 5.41) is 8.35. The standard InChI is InChI=1S/C12H11NO2/c1-15-12-8-10(4-2-3-7-13)5-6-11(12)9-14/h2,4-6,8-9H,3H2,1H3. The van der Waals surface area contributed by atoms with Crippen molar-refractivity contribution in [3.8, 4) is 11.8 Å². The minimum atomic E-state index is 0.373. The van der Waals surface area contributed by atoms with Crippen molar-refractivity contribution >= 4 is 12.4 Å². The predicted octanol–water partition coefficient (Wildman–Crippen LogP) is 2.43. The smallest absolute Gasteiger partial charge is 0.153 e. The van der Waals surface area contributed by atoms with Gasteiger partial charge in [-0.1, -0.05) is 18.2 Å². The number of ether oxygens (including phenoxy) is 1. The van der Waals surface area contributed by atoms with Gasteiger partial charge in [-0.2, -0.15) is 5.26 Å². The fourth-order valence-electron chi connectivity index (χ4n) is 1.18. The maximum absolute atomic E-state index is 10.6. The third-order valence-electron chi connectivity index (χ3n) is 1.90. The SMILES string of the molecule is COc1cc(C=CCC#N)ccc1C=O. The van der Waals surface area contributed by atoms with Crippen molar-refractivity contribution in [3.05, 3.63) is 35.4 Å². The van der Waals surface area contributed by atoms with Gasteiger partial charge in [0.2, 0.25) is 0 Å². The molecule has 1 rings (SSSR count). The van der Waals surface area contributed by atoms with Crippen molar-refractivity contribution in [2.75, 3.05) is 7.11 Å². The normalized spacial score (nSPS) is 9.87. The van der Waals surface area contributed by atoms with E-state index in [9.17, 15) is 4.79 Å². The van der Waals surface area contributed by atoms with Gasteiger partial charge in [-0.15, -0.1) is 0 Å². The Kier molecular flexibility index (Phi) is 4.11. The van der Waals surface area contributed by atoms with Crippen LogP contribution in [0.5, 0.6) is 5.75 Å². The second-order valence-electron chi connectivity index (χ2n) is 2.88. The Morgan fingerprint density at radius 3 is 2.93 bits per heavy atom. The first-order chi connectivity index (χ1) is 7.31. The number of benzene rings is 1. The van der Waals surface area contributed by atoms with Gasteiger partial charge in [0.15, 0.2) is 6.29 Å². The fraction of sp³-hybridized carbons (Fsp3) is 0.167. The molecule has 0 saturated heterocycles. The first kappa shape index (κ1) is 11.0. The summed E-state index contributed by atoms with van der Waals surface area (Å²) in [7, 11) is 1.52. The van der Waals surface area contributed by atoms with E-state index < -0.39 is 0 Å². The van der Waals surface area contributed by atoms with E-state index in [2.05, 4.69) is 0 Å². The molecule has 1 aromatic rings. The molecule has 0 aromatic heterocycles. The van der Waals surface area contributed by atoms with Crippen LogP contribution in [0, 0.1) is 11.3 Å². The molecule has 1 aromatic carbocycles. The lowest BCUT2D eigenvalue weighted by molar-refractivity contribution is 0.112. The number of hydrogen-bond acceptors (Lipinski definition) is 3. The molecule has 0 fully saturated rings. The van der Waals surface area contributed by atoms with Gasteiger partial charge in [0.25, 0.3) is 0 Å². The van der Waals surface area contributed by atoms with Crippen molar-refractivity contribution in [1.29, 1.82) is 5.26 Å². The largest absolute Gasteiger partial charge is 0.496 e. The predicted molar refractivity (Wildman–Crippen MR) is 57.6 cm³/mol. The molecule has 0 unspecified atom stereocenters. The van der Waals surface area contributed by atoms with Crippen molar-refractivity contribution in [1.82, 2.24) is 0 Å². The summed E-state index contributed by atoms with van der Waals surface area (Å²) in [5.74, 6) is 0.545. The molecule has 0 heterocycles. The lowest BCUT2D eigenvalue weighted by Gasteiger charge is -2.03. The van der Waals surface area contributed by atoms with Crippen molar-refractivity contribution in [2.24, 2.45) is 0 Å². The van der Waals surface area contributed by atoms with Gasteiger partial charge in [0.05, 0.1) is 25.2 Å². The summed E-state index contributed by atoms with van der Waals surface area (Å²) in [6.45, 7) is 0. The maximum atomic E-state index is 10.6. The summed E-state index contributed by atoms with van der Waals surface area (Å²) in [6, 6.07) is 7.27. The van der Waals surface area contributed by atoms with Crippen LogP contribution in [-0.4, -0.2) is 13.4 Å². The average molecular weight is 201 g/mol. The van der Waals surface area contributed by atoms with E-state index >= 15 is 0 Å². The van der Waals surface area contributed by atoms with Crippen LogP contribution < -0.4 is 4.74 Å². The molecule has 0 atom stereocenters. The Morgan fingerprint density at radius 1 is 1.53 bits per heavy atom. The highest BCUT2D eigenvalue weighted by Crippen LogP contribution is 2.19. The quantitative estimate of drug-likeness (QED) is 0.703. The Hall–Kier alpha value is -2.08. The number of methoxy groups -OCH3 is 1. The lowest BCUT2D eigenvalue weighted by Crippen LogP contribution is -1.90. The summed E-state index contributed by atoms with van der Waals surface area (Å²) in [5.41, 5.74) is 1.43. The first-order valence-electron chi connectivity index (χ1n) is 4.48. The number of hydrogen-bond donors (Lipinski definition) is 0. The van der Waals surface area contributed by atoms with E-state index in [0.717, 1.165) is 11.8 Å². The molecule has 0 saturated carbocycles. The highest BCUT2D eigenvalue weighted by Gasteiger charge is 2.00. The van der Waals surface area contributed by atoms with Gasteiger partial charge in [-0.3, -0.25) is 4.79 Å². The molecule has 3 nitrogen and oxygen atoms in total. The van der Waals surface area contributed by atoms with E-state index in [1.54, 1.807) is 24.3 Å². The van der Waals surface area contributed by atoms with Crippen LogP contribution in [0.25, 0.3) is 6.08 Å². The number of carbonyl (C=O) groups excluding carboxylic acids is 1. The highest BCUT2D eigenvalue weighted by atomic mass is 16.5. The molecule has 0 aliphatic carbocycles. The number of nitriles is 1. The van der Waals surface area contributed by atoms with Gasteiger partial charge in [0, 0.05) is 0 Å². The average Bonchev–Trinajstić information content (AvgIpc) is 2.29. The van der Waals surface area contributed by atoms with Crippen LogP contribution in [0.1, 0.15) is 22.3 Å². The lowest BCUT2D eigenvalue weighted by atomic mass is 10.1. The van der Waals surface area contributed by atoms with Gasteiger partial charge < -0.3 is 4.74 Å². The summed E-state index contributed by atoms with van der Waals surface area (Å²) in [6.07, 6.45) is 4.70. The van der Waals surface area contributed by atoms with E-state index in [4.69, 9.17) is 10.00 Å². The zero-order valence-electron chi connectivity index (χ0n) is 8.43. The number of aldehydes is 1. The topological polar surface area (TPSA) is 50.1 Å². The van der Waals surface area contributed by atoms with Gasteiger partial charge in [0.1, 0.15) is 5.75 Å². The highest BCUT2D eigenvalue weighted by molar-refractivity contribution is 5.80. The van der Waals surface area contributed by atoms with Gasteiger partial charge >= 0.3 is 0 Å². The van der Waals surface area contributed by atoms with Crippen molar-refractivity contribution in [3.63, 3.8) is 0 Å². The van der Waals surface area contributed by atoms with Crippen LogP contribution in [-0.2, 0) is 0 Å². The van der Waals surface area contributed by atoms with Crippen molar-refractivity contribution in [2.45, 2.75) is 6.42 Å². The zero-order chi connectivity index (χ0) is 11.1. The Morgan fingerprint density at radius 2 is 2.33 bits per heavy atom. The van der Waals surface area contributed by atoms with Gasteiger partial charge in [-0.05, 0) is 17.7 Å². The molecule has 0 N–H and O–H groups in total. The third kappa shape index (κ3) is 2.96. The monoisotopic (exact) mass is 201 g/mol. The third-order valence-corrected chi connectivity index (χ3v) is 1.90. The van der Waals surface area contributed by atoms with E-state index in [0.29, 0.717) is 17.7 Å². The summed E-state index contributed by atoms with van der Waals surface area (Å²) in [4.78, 5) is 10.6. The minimum Gasteiger partial charge on any atom is -0.496 e. The molecule has 0 spiro atoms. The number of nitrogens with zero attached hydrogens (tertiary/aromatic N) is 1. The Balaban J connectivity index is 2.94. The fourth-order valence-corrected chi connectivity index (χ4v) is 1.18. The van der Waals surface area contributed by atoms with E-state index in [-0.39, 0.29) is 0 Å². The molecule has 0 aliphatic heterocycles. The first-order valence-corrected chi connectivity index (χ1v) is 4.48. The molecule has 76 valence electrons. The molecule has 0 amide bonds. The van der Waals surface area contributed by atoms with Crippen LogP contribution in [0.3, 0.4) is 0 Å². The molecule has 0 aliphatic rings. The van der Waals surface area contributed by atoms with Crippen LogP contribution in [0.15, 0.2) is 24.3 Å². The molecule has 0 bridgehead atoms. The van der Waals surface area contributed by atoms with Crippen LogP contribution in [0.2, 0.25) is 0 Å². The van der Waals surface area contributed by atoms with E-state index in [1.807, 2.05) is 12.1 Å². The minimum absolute atomic E-state index is 0.373.